The summed E-state index contributed by atoms with van der Waals surface area (Å²) in [7, 11) is 0. The molecule has 0 spiro atoms. The topological polar surface area (TPSA) is 67.2 Å². The Kier molecular flexibility index (Phi) is 6.67. The minimum Gasteiger partial charge on any atom is -0.351 e. The number of rotatable bonds is 7. The van der Waals surface area contributed by atoms with E-state index >= 15 is 0 Å². The third-order valence-corrected chi connectivity index (χ3v) is 5.63. The van der Waals surface area contributed by atoms with Crippen LogP contribution < -0.4 is 5.32 Å². The second kappa shape index (κ2) is 9.79. The van der Waals surface area contributed by atoms with E-state index in [0.717, 1.165) is 24.8 Å². The van der Waals surface area contributed by atoms with Gasteiger partial charge >= 0.3 is 0 Å². The first kappa shape index (κ1) is 21.1. The van der Waals surface area contributed by atoms with Gasteiger partial charge in [-0.25, -0.2) is 0 Å². The lowest BCUT2D eigenvalue weighted by Crippen LogP contribution is -2.30. The van der Waals surface area contributed by atoms with Crippen molar-refractivity contribution in [3.63, 3.8) is 0 Å². The number of carbonyl (C=O) groups is 2. The van der Waals surface area contributed by atoms with Crippen LogP contribution in [0.2, 0.25) is 5.02 Å². The molecule has 1 aromatic heterocycles. The summed E-state index contributed by atoms with van der Waals surface area (Å²) in [6.07, 6.45) is 2.53. The van der Waals surface area contributed by atoms with E-state index in [2.05, 4.69) is 22.5 Å². The van der Waals surface area contributed by atoms with Gasteiger partial charge in [-0.05, 0) is 42.5 Å². The number of halogens is 1. The Labute approximate surface area is 186 Å². The standard InChI is InChI=1S/C24H25ClN4O2/c25-20-11-9-19(10-12-20)17-28-14-5-15-29-22(24(28)31)16-21(27-29)23(30)26-13-4-8-18-6-2-1-3-7-18/h1-3,6-7,9-12,16H,4-5,8,13-15,17H2,(H,26,30). The fourth-order valence-corrected chi connectivity index (χ4v) is 3.86. The highest BCUT2D eigenvalue weighted by molar-refractivity contribution is 6.30. The quantitative estimate of drug-likeness (QED) is 0.570. The van der Waals surface area contributed by atoms with Gasteiger partial charge in [0.2, 0.25) is 0 Å². The molecule has 1 N–H and O–H groups in total. The van der Waals surface area contributed by atoms with E-state index in [1.54, 1.807) is 15.6 Å². The van der Waals surface area contributed by atoms with Crippen LogP contribution in [0.5, 0.6) is 0 Å². The highest BCUT2D eigenvalue weighted by atomic mass is 35.5. The second-order valence-corrected chi connectivity index (χ2v) is 8.13. The molecule has 7 heteroatoms. The Hall–Kier alpha value is -3.12. The normalized spacial score (nSPS) is 13.6. The van der Waals surface area contributed by atoms with Gasteiger partial charge in [-0.1, -0.05) is 54.1 Å². The SMILES string of the molecule is O=C(NCCCc1ccccc1)c1cc2n(n1)CCCN(Cc1ccc(Cl)cc1)C2=O. The zero-order valence-electron chi connectivity index (χ0n) is 17.3. The zero-order valence-corrected chi connectivity index (χ0v) is 18.0. The molecule has 0 fully saturated rings. The van der Waals surface area contributed by atoms with Gasteiger partial charge in [0.15, 0.2) is 5.69 Å². The number of aryl methyl sites for hydroxylation is 2. The number of benzene rings is 2. The first-order chi connectivity index (χ1) is 15.1. The second-order valence-electron chi connectivity index (χ2n) is 7.69. The molecule has 0 bridgehead atoms. The lowest BCUT2D eigenvalue weighted by atomic mass is 10.1. The maximum atomic E-state index is 13.1. The van der Waals surface area contributed by atoms with Gasteiger partial charge in [0.1, 0.15) is 5.69 Å². The highest BCUT2D eigenvalue weighted by Crippen LogP contribution is 2.18. The summed E-state index contributed by atoms with van der Waals surface area (Å²) >= 11 is 5.96. The number of aromatic nitrogens is 2. The van der Waals surface area contributed by atoms with Crippen molar-refractivity contribution in [3.8, 4) is 0 Å². The molecular formula is C24H25ClN4O2. The predicted octanol–water partition coefficient (Wildman–Crippen LogP) is 3.95. The molecule has 0 atom stereocenters. The van der Waals surface area contributed by atoms with E-state index in [1.807, 2.05) is 42.5 Å². The molecule has 2 aromatic carbocycles. The van der Waals surface area contributed by atoms with E-state index in [1.165, 1.54) is 5.56 Å². The van der Waals surface area contributed by atoms with Gasteiger partial charge in [-0.15, -0.1) is 0 Å². The summed E-state index contributed by atoms with van der Waals surface area (Å²) in [5.41, 5.74) is 3.01. The molecule has 2 heterocycles. The van der Waals surface area contributed by atoms with E-state index in [4.69, 9.17) is 11.6 Å². The van der Waals surface area contributed by atoms with Crippen molar-refractivity contribution in [1.82, 2.24) is 20.0 Å². The molecule has 4 rings (SSSR count). The number of nitrogens with one attached hydrogen (secondary N) is 1. The summed E-state index contributed by atoms with van der Waals surface area (Å²) in [5.74, 6) is -0.353. The lowest BCUT2D eigenvalue weighted by Gasteiger charge is -2.20. The molecule has 6 nitrogen and oxygen atoms in total. The van der Waals surface area contributed by atoms with E-state index in [-0.39, 0.29) is 17.5 Å². The Morgan fingerprint density at radius 2 is 1.81 bits per heavy atom. The predicted molar refractivity (Wildman–Crippen MR) is 120 cm³/mol. The third-order valence-electron chi connectivity index (χ3n) is 5.37. The van der Waals surface area contributed by atoms with Crippen LogP contribution >= 0.6 is 11.6 Å². The molecule has 3 aromatic rings. The van der Waals surface area contributed by atoms with Crippen LogP contribution in [0.3, 0.4) is 0 Å². The van der Waals surface area contributed by atoms with Crippen LogP contribution in [0.15, 0.2) is 60.7 Å². The Bertz CT molecular complexity index is 1050. The van der Waals surface area contributed by atoms with Crippen LogP contribution in [-0.4, -0.2) is 39.6 Å². The van der Waals surface area contributed by atoms with Crippen molar-refractivity contribution < 1.29 is 9.59 Å². The summed E-state index contributed by atoms with van der Waals surface area (Å²) in [4.78, 5) is 27.4. The average Bonchev–Trinajstić information content (AvgIpc) is 3.16. The molecule has 1 aliphatic heterocycles. The Morgan fingerprint density at radius 1 is 1.03 bits per heavy atom. The fraction of sp³-hybridized carbons (Fsp3) is 0.292. The highest BCUT2D eigenvalue weighted by Gasteiger charge is 2.26. The summed E-state index contributed by atoms with van der Waals surface area (Å²) in [6.45, 7) is 2.32. The van der Waals surface area contributed by atoms with E-state index in [9.17, 15) is 9.59 Å². The number of hydrogen-bond acceptors (Lipinski definition) is 3. The van der Waals surface area contributed by atoms with Crippen molar-refractivity contribution in [2.24, 2.45) is 0 Å². The van der Waals surface area contributed by atoms with Crippen LogP contribution in [0, 0.1) is 0 Å². The first-order valence-electron chi connectivity index (χ1n) is 10.5. The van der Waals surface area contributed by atoms with Crippen LogP contribution in [0.25, 0.3) is 0 Å². The minimum atomic E-state index is -0.245. The third kappa shape index (κ3) is 5.33. The van der Waals surface area contributed by atoms with Gasteiger partial charge in [-0.2, -0.15) is 5.10 Å². The van der Waals surface area contributed by atoms with Crippen molar-refractivity contribution >= 4 is 23.4 Å². The first-order valence-corrected chi connectivity index (χ1v) is 10.9. The number of fused-ring (bicyclic) bond motifs is 1. The monoisotopic (exact) mass is 436 g/mol. The van der Waals surface area contributed by atoms with E-state index in [0.29, 0.717) is 36.9 Å². The molecule has 1 aliphatic rings. The Balaban J connectivity index is 1.36. The molecule has 31 heavy (non-hydrogen) atoms. The minimum absolute atomic E-state index is 0.108. The van der Waals surface area contributed by atoms with Crippen molar-refractivity contribution in [2.75, 3.05) is 13.1 Å². The van der Waals surface area contributed by atoms with Crippen molar-refractivity contribution in [2.45, 2.75) is 32.4 Å². The van der Waals surface area contributed by atoms with Crippen molar-refractivity contribution in [1.29, 1.82) is 0 Å². The van der Waals surface area contributed by atoms with E-state index < -0.39 is 0 Å². The van der Waals surface area contributed by atoms with Gasteiger partial charge < -0.3 is 10.2 Å². The zero-order chi connectivity index (χ0) is 21.6. The molecule has 0 saturated carbocycles. The molecule has 0 unspecified atom stereocenters. The maximum Gasteiger partial charge on any atom is 0.272 e. The molecule has 160 valence electrons. The van der Waals surface area contributed by atoms with Crippen LogP contribution in [0.4, 0.5) is 0 Å². The fourth-order valence-electron chi connectivity index (χ4n) is 3.74. The summed E-state index contributed by atoms with van der Waals surface area (Å²) in [6, 6.07) is 19.3. The number of amides is 2. The molecule has 0 aliphatic carbocycles. The van der Waals surface area contributed by atoms with Crippen LogP contribution in [0.1, 0.15) is 44.9 Å². The number of nitrogens with zero attached hydrogens (tertiary/aromatic N) is 3. The lowest BCUT2D eigenvalue weighted by molar-refractivity contribution is 0.0745. The molecule has 0 radical (unpaired) electrons. The summed E-state index contributed by atoms with van der Waals surface area (Å²) in [5, 5.41) is 7.97. The number of carbonyl (C=O) groups excluding carboxylic acids is 2. The van der Waals surface area contributed by atoms with Gasteiger partial charge in [0, 0.05) is 37.3 Å². The smallest absolute Gasteiger partial charge is 0.272 e. The van der Waals surface area contributed by atoms with Crippen LogP contribution in [-0.2, 0) is 19.5 Å². The Morgan fingerprint density at radius 3 is 2.58 bits per heavy atom. The molecule has 0 saturated heterocycles. The molecule has 2 amide bonds. The van der Waals surface area contributed by atoms with Gasteiger partial charge in [0.05, 0.1) is 0 Å². The largest absolute Gasteiger partial charge is 0.351 e. The number of hydrogen-bond donors (Lipinski definition) is 1. The maximum absolute atomic E-state index is 13.1. The summed E-state index contributed by atoms with van der Waals surface area (Å²) < 4.78 is 1.66. The molecular weight excluding hydrogens is 412 g/mol. The van der Waals surface area contributed by atoms with Gasteiger partial charge in [-0.3, -0.25) is 14.3 Å². The average molecular weight is 437 g/mol. The van der Waals surface area contributed by atoms with Gasteiger partial charge in [0.25, 0.3) is 11.8 Å². The van der Waals surface area contributed by atoms with Crippen molar-refractivity contribution in [3.05, 3.63) is 88.2 Å².